The largest absolute Gasteiger partial charge is 0.462 e. The molecule has 0 spiro atoms. The van der Waals surface area contributed by atoms with Gasteiger partial charge in [-0.15, -0.1) is 11.3 Å². The van der Waals surface area contributed by atoms with Crippen molar-refractivity contribution in [3.63, 3.8) is 0 Å². The van der Waals surface area contributed by atoms with Crippen molar-refractivity contribution in [3.05, 3.63) is 92.6 Å². The first-order valence-corrected chi connectivity index (χ1v) is 14.0. The number of fused-ring (bicyclic) bond motifs is 1. The Bertz CT molecular complexity index is 1430. The Morgan fingerprint density at radius 1 is 1.03 bits per heavy atom. The number of thiophene rings is 1. The predicted molar refractivity (Wildman–Crippen MR) is 149 cm³/mol. The summed E-state index contributed by atoms with van der Waals surface area (Å²) in [6.45, 7) is 4.69. The highest BCUT2D eigenvalue weighted by Crippen LogP contribution is 2.30. The molecular formula is C28H29N3O4S2. The lowest BCUT2D eigenvalue weighted by atomic mass is 10.1. The normalized spacial score (nSPS) is 11.0. The van der Waals surface area contributed by atoms with Gasteiger partial charge >= 0.3 is 5.97 Å². The molecule has 2 heterocycles. The molecule has 0 saturated carbocycles. The van der Waals surface area contributed by atoms with Crippen LogP contribution in [0.3, 0.4) is 0 Å². The highest BCUT2D eigenvalue weighted by molar-refractivity contribution is 7.99. The van der Waals surface area contributed by atoms with Gasteiger partial charge in [-0.05, 0) is 43.4 Å². The first-order valence-electron chi connectivity index (χ1n) is 12.2. The summed E-state index contributed by atoms with van der Waals surface area (Å²) >= 11 is 2.39. The summed E-state index contributed by atoms with van der Waals surface area (Å²) in [4.78, 5) is 44.2. The lowest BCUT2D eigenvalue weighted by Crippen LogP contribution is -2.28. The van der Waals surface area contributed by atoms with Crippen molar-refractivity contribution in [3.8, 4) is 0 Å². The fourth-order valence-electron chi connectivity index (χ4n) is 3.95. The average Bonchev–Trinajstić information content (AvgIpc) is 3.24. The summed E-state index contributed by atoms with van der Waals surface area (Å²) in [6, 6.07) is 19.9. The van der Waals surface area contributed by atoms with Crippen molar-refractivity contribution in [2.45, 2.75) is 38.4 Å². The van der Waals surface area contributed by atoms with Crippen molar-refractivity contribution in [2.75, 3.05) is 18.9 Å². The molecule has 0 aliphatic carbocycles. The zero-order valence-electron chi connectivity index (χ0n) is 20.9. The third kappa shape index (κ3) is 6.67. The van der Waals surface area contributed by atoms with Gasteiger partial charge in [-0.3, -0.25) is 14.2 Å². The van der Waals surface area contributed by atoms with Gasteiger partial charge in [-0.25, -0.2) is 9.78 Å². The molecule has 7 nitrogen and oxygen atoms in total. The minimum atomic E-state index is -0.453. The van der Waals surface area contributed by atoms with Crippen LogP contribution in [0.4, 0.5) is 0 Å². The molecule has 37 heavy (non-hydrogen) atoms. The van der Waals surface area contributed by atoms with Gasteiger partial charge in [0.25, 0.3) is 5.56 Å². The Morgan fingerprint density at radius 2 is 1.68 bits per heavy atom. The molecule has 9 heteroatoms. The van der Waals surface area contributed by atoms with Gasteiger partial charge in [-0.1, -0.05) is 72.4 Å². The number of rotatable bonds is 11. The van der Waals surface area contributed by atoms with E-state index in [9.17, 15) is 14.4 Å². The zero-order chi connectivity index (χ0) is 26.2. The van der Waals surface area contributed by atoms with E-state index in [1.54, 1.807) is 18.4 Å². The van der Waals surface area contributed by atoms with E-state index < -0.39 is 5.97 Å². The number of nitrogens with zero attached hydrogens (tertiary/aromatic N) is 2. The van der Waals surface area contributed by atoms with Crippen molar-refractivity contribution in [2.24, 2.45) is 0 Å². The first kappa shape index (κ1) is 26.6. The lowest BCUT2D eigenvalue weighted by molar-refractivity contribution is -0.118. The smallest absolute Gasteiger partial charge is 0.348 e. The van der Waals surface area contributed by atoms with Crippen LogP contribution in [0.25, 0.3) is 10.2 Å². The van der Waals surface area contributed by atoms with Crippen LogP contribution < -0.4 is 10.9 Å². The highest BCUT2D eigenvalue weighted by atomic mass is 32.2. The van der Waals surface area contributed by atoms with Crippen molar-refractivity contribution in [1.82, 2.24) is 14.9 Å². The Balaban J connectivity index is 1.55. The van der Waals surface area contributed by atoms with Crippen LogP contribution >= 0.6 is 23.1 Å². The minimum absolute atomic E-state index is 0.126. The Labute approximate surface area is 223 Å². The fourth-order valence-corrected chi connectivity index (χ4v) is 5.93. The Morgan fingerprint density at radius 3 is 2.32 bits per heavy atom. The van der Waals surface area contributed by atoms with E-state index in [4.69, 9.17) is 9.72 Å². The maximum absolute atomic E-state index is 13.6. The third-order valence-electron chi connectivity index (χ3n) is 5.85. The molecule has 0 unspecified atom stereocenters. The van der Waals surface area contributed by atoms with Gasteiger partial charge in [-0.2, -0.15) is 0 Å². The van der Waals surface area contributed by atoms with Gasteiger partial charge in [0.2, 0.25) is 5.91 Å². The average molecular weight is 536 g/mol. The predicted octanol–water partition coefficient (Wildman–Crippen LogP) is 4.64. The monoisotopic (exact) mass is 535 g/mol. The fraction of sp³-hybridized carbons (Fsp3) is 0.286. The molecule has 0 aliphatic rings. The summed E-state index contributed by atoms with van der Waals surface area (Å²) in [5, 5.41) is 3.83. The molecule has 0 saturated heterocycles. The molecule has 0 aliphatic heterocycles. The van der Waals surface area contributed by atoms with Crippen molar-refractivity contribution >= 4 is 45.2 Å². The van der Waals surface area contributed by atoms with E-state index in [0.29, 0.717) is 45.3 Å². The third-order valence-corrected chi connectivity index (χ3v) is 8.00. The molecule has 1 N–H and O–H groups in total. The minimum Gasteiger partial charge on any atom is -0.462 e. The van der Waals surface area contributed by atoms with Crippen LogP contribution in [0, 0.1) is 6.92 Å². The van der Waals surface area contributed by atoms with Gasteiger partial charge in [0.05, 0.1) is 17.7 Å². The second kappa shape index (κ2) is 12.7. The molecule has 192 valence electrons. The molecule has 2 aromatic heterocycles. The maximum atomic E-state index is 13.6. The van der Waals surface area contributed by atoms with E-state index in [2.05, 4.69) is 5.32 Å². The molecule has 0 atom stereocenters. The van der Waals surface area contributed by atoms with E-state index in [1.807, 2.05) is 60.7 Å². The number of carbonyl (C=O) groups is 2. The number of carbonyl (C=O) groups excluding carboxylic acids is 2. The topological polar surface area (TPSA) is 90.3 Å². The number of ether oxygens (including phenoxy) is 1. The number of nitrogens with one attached hydrogen (secondary N) is 1. The second-order valence-electron chi connectivity index (χ2n) is 8.42. The molecular weight excluding hydrogens is 506 g/mol. The van der Waals surface area contributed by atoms with Crippen LogP contribution in [0.2, 0.25) is 0 Å². The quantitative estimate of drug-likeness (QED) is 0.171. The van der Waals surface area contributed by atoms with E-state index in [-0.39, 0.29) is 23.8 Å². The standard InChI is InChI=1S/C28H29N3O4S2/c1-3-35-27(34)24-19(2)23-25(37-24)30-28(31(26(23)33)17-15-21-12-8-5-9-13-21)36-18-22(32)29-16-14-20-10-6-4-7-11-20/h4-13H,3,14-18H2,1-2H3,(H,29,32). The van der Waals surface area contributed by atoms with Crippen LogP contribution in [-0.4, -0.2) is 40.3 Å². The maximum Gasteiger partial charge on any atom is 0.348 e. The summed E-state index contributed by atoms with van der Waals surface area (Å²) < 4.78 is 6.79. The SMILES string of the molecule is CCOC(=O)c1sc2nc(SCC(=O)NCCc3ccccc3)n(CCc3ccccc3)c(=O)c2c1C. The Hall–Kier alpha value is -3.43. The highest BCUT2D eigenvalue weighted by Gasteiger charge is 2.23. The zero-order valence-corrected chi connectivity index (χ0v) is 22.5. The van der Waals surface area contributed by atoms with Gasteiger partial charge in [0.1, 0.15) is 9.71 Å². The molecule has 4 rings (SSSR count). The van der Waals surface area contributed by atoms with Crippen LogP contribution in [0.1, 0.15) is 33.3 Å². The molecule has 0 bridgehead atoms. The summed E-state index contributed by atoms with van der Waals surface area (Å²) in [5.41, 5.74) is 2.62. The second-order valence-corrected chi connectivity index (χ2v) is 10.4. The van der Waals surface area contributed by atoms with Crippen LogP contribution in [-0.2, 0) is 28.9 Å². The number of amides is 1. The number of aromatic nitrogens is 2. The number of aryl methyl sites for hydroxylation is 2. The van der Waals surface area contributed by atoms with Crippen molar-refractivity contribution < 1.29 is 14.3 Å². The Kier molecular flexibility index (Phi) is 9.14. The number of esters is 1. The molecule has 1 amide bonds. The van der Waals surface area contributed by atoms with Crippen molar-refractivity contribution in [1.29, 1.82) is 0 Å². The van der Waals surface area contributed by atoms with E-state index >= 15 is 0 Å². The number of thioether (sulfide) groups is 1. The van der Waals surface area contributed by atoms with Crippen LogP contribution in [0.5, 0.6) is 0 Å². The lowest BCUT2D eigenvalue weighted by Gasteiger charge is -2.12. The van der Waals surface area contributed by atoms with Crippen LogP contribution in [0.15, 0.2) is 70.6 Å². The van der Waals surface area contributed by atoms with E-state index in [1.165, 1.54) is 11.8 Å². The summed E-state index contributed by atoms with van der Waals surface area (Å²) in [5.74, 6) is -0.447. The molecule has 0 fully saturated rings. The first-order chi connectivity index (χ1) is 18.0. The molecule has 2 aromatic carbocycles. The summed E-state index contributed by atoms with van der Waals surface area (Å²) in [6.07, 6.45) is 1.38. The number of hydrogen-bond donors (Lipinski definition) is 1. The molecule has 0 radical (unpaired) electrons. The van der Waals surface area contributed by atoms with Gasteiger partial charge in [0.15, 0.2) is 5.16 Å². The molecule has 4 aromatic rings. The van der Waals surface area contributed by atoms with E-state index in [0.717, 1.165) is 28.9 Å². The summed E-state index contributed by atoms with van der Waals surface area (Å²) in [7, 11) is 0. The number of hydrogen-bond acceptors (Lipinski definition) is 7. The number of benzene rings is 2. The van der Waals surface area contributed by atoms with Gasteiger partial charge < -0.3 is 10.1 Å². The van der Waals surface area contributed by atoms with Gasteiger partial charge in [0, 0.05) is 13.1 Å².